The van der Waals surface area contributed by atoms with Gasteiger partial charge < -0.3 is 9.84 Å². The molecule has 1 N–H and O–H groups in total. The van der Waals surface area contributed by atoms with E-state index in [1.165, 1.54) is 11.1 Å². The molecule has 21 heavy (non-hydrogen) atoms. The quantitative estimate of drug-likeness (QED) is 0.926. The van der Waals surface area contributed by atoms with E-state index in [9.17, 15) is 5.11 Å². The maximum Gasteiger partial charge on any atom is 0.0852 e. The maximum atomic E-state index is 9.78. The minimum absolute atomic E-state index is 0.00906. The van der Waals surface area contributed by atoms with Crippen LogP contribution in [0.2, 0.25) is 0 Å². The van der Waals surface area contributed by atoms with Crippen LogP contribution in [0.1, 0.15) is 23.5 Å². The number of hydrogen-bond acceptors (Lipinski definition) is 2. The number of benzene rings is 2. The van der Waals surface area contributed by atoms with Gasteiger partial charge >= 0.3 is 0 Å². The summed E-state index contributed by atoms with van der Waals surface area (Å²) in [5.41, 5.74) is 3.67. The van der Waals surface area contributed by atoms with Gasteiger partial charge in [-0.1, -0.05) is 66.7 Å². The molecule has 1 aliphatic heterocycles. The van der Waals surface area contributed by atoms with Crippen molar-refractivity contribution in [3.05, 3.63) is 77.9 Å². The lowest BCUT2D eigenvalue weighted by Gasteiger charge is -2.28. The Labute approximate surface area is 125 Å². The molecule has 2 aromatic carbocycles. The van der Waals surface area contributed by atoms with Crippen molar-refractivity contribution in [2.75, 3.05) is 13.2 Å². The van der Waals surface area contributed by atoms with E-state index in [-0.39, 0.29) is 18.6 Å². The molecule has 0 saturated heterocycles. The highest BCUT2D eigenvalue weighted by Gasteiger charge is 2.25. The van der Waals surface area contributed by atoms with Crippen molar-refractivity contribution < 1.29 is 9.84 Å². The van der Waals surface area contributed by atoms with E-state index in [2.05, 4.69) is 42.5 Å². The average molecular weight is 280 g/mol. The van der Waals surface area contributed by atoms with Crippen LogP contribution in [0.25, 0.3) is 5.57 Å². The van der Waals surface area contributed by atoms with Gasteiger partial charge in [-0.2, -0.15) is 0 Å². The van der Waals surface area contributed by atoms with Crippen LogP contribution < -0.4 is 0 Å². The van der Waals surface area contributed by atoms with Crippen molar-refractivity contribution >= 4 is 5.57 Å². The van der Waals surface area contributed by atoms with E-state index in [1.807, 2.05) is 24.3 Å². The second-order valence-electron chi connectivity index (χ2n) is 5.34. The fourth-order valence-corrected chi connectivity index (χ4v) is 2.86. The molecular weight excluding hydrogens is 260 g/mol. The summed E-state index contributed by atoms with van der Waals surface area (Å²) in [6, 6.07) is 20.5. The highest BCUT2D eigenvalue weighted by molar-refractivity contribution is 5.66. The van der Waals surface area contributed by atoms with Crippen molar-refractivity contribution in [3.63, 3.8) is 0 Å². The zero-order chi connectivity index (χ0) is 14.5. The average Bonchev–Trinajstić information content (AvgIpc) is 2.58. The Morgan fingerprint density at radius 3 is 2.33 bits per heavy atom. The molecule has 0 fully saturated rings. The minimum Gasteiger partial charge on any atom is -0.396 e. The van der Waals surface area contributed by atoms with Crippen molar-refractivity contribution in [2.45, 2.75) is 18.4 Å². The van der Waals surface area contributed by atoms with E-state index >= 15 is 0 Å². The lowest BCUT2D eigenvalue weighted by atomic mass is 9.89. The van der Waals surface area contributed by atoms with Crippen LogP contribution in [0, 0.1) is 0 Å². The van der Waals surface area contributed by atoms with Gasteiger partial charge in [-0.3, -0.25) is 0 Å². The van der Waals surface area contributed by atoms with Gasteiger partial charge in [0.15, 0.2) is 0 Å². The van der Waals surface area contributed by atoms with Crippen LogP contribution in [0.15, 0.2) is 66.7 Å². The van der Waals surface area contributed by atoms with E-state index in [4.69, 9.17) is 4.74 Å². The Hall–Kier alpha value is -1.90. The molecule has 0 radical (unpaired) electrons. The van der Waals surface area contributed by atoms with Crippen LogP contribution >= 0.6 is 0 Å². The standard InChI is InChI=1S/C19H20O2/c20-14-18(16-9-5-2-6-10-16)19-13-17(11-12-21-19)15-7-3-1-4-8-15/h1-10,13,18-20H,11-12,14H2/t18-,19-/m1/s1. The molecule has 0 unspecified atom stereocenters. The molecule has 0 aliphatic carbocycles. The summed E-state index contributed by atoms with van der Waals surface area (Å²) in [6.45, 7) is 0.794. The predicted octanol–water partition coefficient (Wildman–Crippen LogP) is 3.64. The summed E-state index contributed by atoms with van der Waals surface area (Å²) >= 11 is 0. The molecule has 3 rings (SSSR count). The summed E-state index contributed by atoms with van der Waals surface area (Å²) in [7, 11) is 0. The van der Waals surface area contributed by atoms with Gasteiger partial charge in [0.1, 0.15) is 0 Å². The van der Waals surface area contributed by atoms with Crippen LogP contribution in [-0.2, 0) is 4.74 Å². The molecule has 108 valence electrons. The monoisotopic (exact) mass is 280 g/mol. The fourth-order valence-electron chi connectivity index (χ4n) is 2.86. The Kier molecular flexibility index (Phi) is 4.49. The lowest BCUT2D eigenvalue weighted by Crippen LogP contribution is -2.27. The molecule has 0 saturated carbocycles. The second-order valence-corrected chi connectivity index (χ2v) is 5.34. The molecule has 2 nitrogen and oxygen atoms in total. The molecule has 2 aromatic rings. The Bertz CT molecular complexity index is 589. The highest BCUT2D eigenvalue weighted by Crippen LogP contribution is 2.30. The first kappa shape index (κ1) is 14.1. The largest absolute Gasteiger partial charge is 0.396 e. The number of aliphatic hydroxyl groups excluding tert-OH is 1. The van der Waals surface area contributed by atoms with Gasteiger partial charge in [0.25, 0.3) is 0 Å². The zero-order valence-electron chi connectivity index (χ0n) is 12.0. The summed E-state index contributed by atoms with van der Waals surface area (Å²) < 4.78 is 5.90. The third-order valence-electron chi connectivity index (χ3n) is 4.01. The molecule has 0 amide bonds. The third kappa shape index (κ3) is 3.23. The van der Waals surface area contributed by atoms with Crippen LogP contribution in [0.5, 0.6) is 0 Å². The Morgan fingerprint density at radius 2 is 1.67 bits per heavy atom. The summed E-state index contributed by atoms with van der Waals surface area (Å²) in [5, 5.41) is 9.78. The first-order valence-electron chi connectivity index (χ1n) is 7.42. The fraction of sp³-hybridized carbons (Fsp3) is 0.263. The van der Waals surface area contributed by atoms with E-state index in [0.717, 1.165) is 12.0 Å². The first-order chi connectivity index (χ1) is 10.4. The molecule has 1 aliphatic rings. The summed E-state index contributed by atoms with van der Waals surface area (Å²) in [6.07, 6.45) is 3.03. The van der Waals surface area contributed by atoms with Crippen LogP contribution in [-0.4, -0.2) is 24.4 Å². The SMILES string of the molecule is OC[C@H](c1ccccc1)[C@H]1C=C(c2ccccc2)CCO1. The van der Waals surface area contributed by atoms with Crippen molar-refractivity contribution in [1.82, 2.24) is 0 Å². The highest BCUT2D eigenvalue weighted by atomic mass is 16.5. The molecule has 0 spiro atoms. The van der Waals surface area contributed by atoms with Crippen LogP contribution in [0.4, 0.5) is 0 Å². The van der Waals surface area contributed by atoms with Crippen molar-refractivity contribution in [3.8, 4) is 0 Å². The maximum absolute atomic E-state index is 9.78. The molecule has 2 heteroatoms. The molecule has 2 atom stereocenters. The molecule has 0 aromatic heterocycles. The molecule has 0 bridgehead atoms. The topological polar surface area (TPSA) is 29.5 Å². The van der Waals surface area contributed by atoms with Gasteiger partial charge in [0.05, 0.1) is 19.3 Å². The van der Waals surface area contributed by atoms with Gasteiger partial charge in [-0.25, -0.2) is 0 Å². The third-order valence-corrected chi connectivity index (χ3v) is 4.01. The van der Waals surface area contributed by atoms with E-state index < -0.39 is 0 Å². The van der Waals surface area contributed by atoms with Gasteiger partial charge in [0, 0.05) is 5.92 Å². The van der Waals surface area contributed by atoms with Crippen molar-refractivity contribution in [1.29, 1.82) is 0 Å². The first-order valence-corrected chi connectivity index (χ1v) is 7.42. The minimum atomic E-state index is -0.0682. The predicted molar refractivity (Wildman–Crippen MR) is 85.0 cm³/mol. The van der Waals surface area contributed by atoms with Gasteiger partial charge in [0.2, 0.25) is 0 Å². The zero-order valence-corrected chi connectivity index (χ0v) is 12.0. The van der Waals surface area contributed by atoms with Crippen molar-refractivity contribution in [2.24, 2.45) is 0 Å². The Morgan fingerprint density at radius 1 is 1.00 bits per heavy atom. The molecular formula is C19H20O2. The normalized spacial score (nSPS) is 19.9. The number of ether oxygens (including phenoxy) is 1. The number of rotatable bonds is 4. The van der Waals surface area contributed by atoms with Crippen LogP contribution in [0.3, 0.4) is 0 Å². The summed E-state index contributed by atoms with van der Waals surface area (Å²) in [5.74, 6) is -0.00906. The van der Waals surface area contributed by atoms with E-state index in [0.29, 0.717) is 6.61 Å². The molecule has 1 heterocycles. The Balaban J connectivity index is 1.87. The van der Waals surface area contributed by atoms with E-state index in [1.54, 1.807) is 0 Å². The lowest BCUT2D eigenvalue weighted by molar-refractivity contribution is 0.0470. The second kappa shape index (κ2) is 6.70. The smallest absolute Gasteiger partial charge is 0.0852 e. The van der Waals surface area contributed by atoms with Gasteiger partial charge in [-0.15, -0.1) is 0 Å². The number of hydrogen-bond donors (Lipinski definition) is 1. The number of aliphatic hydroxyl groups is 1. The van der Waals surface area contributed by atoms with Gasteiger partial charge in [-0.05, 0) is 23.1 Å². The summed E-state index contributed by atoms with van der Waals surface area (Å²) in [4.78, 5) is 0.